The Morgan fingerprint density at radius 2 is 1.52 bits per heavy atom. The molecule has 0 spiro atoms. The summed E-state index contributed by atoms with van der Waals surface area (Å²) in [5.74, 6) is 0.312. The van der Waals surface area contributed by atoms with Gasteiger partial charge in [0.2, 0.25) is 0 Å². The molecule has 144 valence electrons. The number of anilines is 1. The van der Waals surface area contributed by atoms with Gasteiger partial charge in [-0.25, -0.2) is 0 Å². The second-order valence-electron chi connectivity index (χ2n) is 6.27. The highest BCUT2D eigenvalue weighted by molar-refractivity contribution is 6.21. The minimum atomic E-state index is -0.449. The van der Waals surface area contributed by atoms with Crippen molar-refractivity contribution < 1.29 is 23.9 Å². The van der Waals surface area contributed by atoms with Crippen LogP contribution in [0.4, 0.5) is 5.69 Å². The minimum absolute atomic E-state index is 0.122. The fourth-order valence-corrected chi connectivity index (χ4v) is 2.85. The Morgan fingerprint density at radius 1 is 0.793 bits per heavy atom. The number of ether oxygens (including phenoxy) is 2. The van der Waals surface area contributed by atoms with Gasteiger partial charge < -0.3 is 14.8 Å². The summed E-state index contributed by atoms with van der Waals surface area (Å²) in [6, 6.07) is 20.5. The lowest BCUT2D eigenvalue weighted by Gasteiger charge is -2.10. The summed E-state index contributed by atoms with van der Waals surface area (Å²) in [6.45, 7) is -0.122. The smallest absolute Gasteiger partial charge is 0.262 e. The molecule has 7 heteroatoms. The van der Waals surface area contributed by atoms with Crippen LogP contribution >= 0.6 is 0 Å². The molecule has 1 aliphatic rings. The predicted octanol–water partition coefficient (Wildman–Crippen LogP) is 3.38. The van der Waals surface area contributed by atoms with Crippen LogP contribution in [0.2, 0.25) is 0 Å². The van der Waals surface area contributed by atoms with Crippen LogP contribution in [0.15, 0.2) is 72.8 Å². The van der Waals surface area contributed by atoms with Crippen molar-refractivity contribution in [2.75, 3.05) is 11.9 Å². The van der Waals surface area contributed by atoms with E-state index < -0.39 is 11.8 Å². The first-order valence-corrected chi connectivity index (χ1v) is 8.84. The summed E-state index contributed by atoms with van der Waals surface area (Å²) < 4.78 is 11.2. The Morgan fingerprint density at radius 3 is 2.34 bits per heavy atom. The van der Waals surface area contributed by atoms with E-state index in [1.807, 2.05) is 18.2 Å². The van der Waals surface area contributed by atoms with Crippen LogP contribution in [-0.4, -0.2) is 24.3 Å². The third-order valence-electron chi connectivity index (χ3n) is 4.17. The van der Waals surface area contributed by atoms with E-state index in [2.05, 4.69) is 10.6 Å². The topological polar surface area (TPSA) is 93.7 Å². The van der Waals surface area contributed by atoms with Crippen molar-refractivity contribution in [1.29, 1.82) is 0 Å². The van der Waals surface area contributed by atoms with Gasteiger partial charge in [0, 0.05) is 11.8 Å². The van der Waals surface area contributed by atoms with Gasteiger partial charge in [-0.1, -0.05) is 24.3 Å². The maximum atomic E-state index is 12.1. The number of imide groups is 1. The van der Waals surface area contributed by atoms with Crippen LogP contribution in [0, 0.1) is 0 Å². The van der Waals surface area contributed by atoms with Crippen molar-refractivity contribution in [3.8, 4) is 17.2 Å². The first kappa shape index (κ1) is 18.2. The molecular weight excluding hydrogens is 372 g/mol. The maximum Gasteiger partial charge on any atom is 0.262 e. The summed E-state index contributed by atoms with van der Waals surface area (Å²) in [5, 5.41) is 4.98. The molecule has 1 aliphatic heterocycles. The molecular formula is C22H16N2O5. The highest BCUT2D eigenvalue weighted by Gasteiger charge is 2.26. The lowest BCUT2D eigenvalue weighted by Crippen LogP contribution is -2.20. The zero-order valence-corrected chi connectivity index (χ0v) is 15.2. The molecule has 3 amide bonds. The van der Waals surface area contributed by atoms with Gasteiger partial charge >= 0.3 is 0 Å². The monoisotopic (exact) mass is 388 g/mol. The molecule has 29 heavy (non-hydrogen) atoms. The number of hydrogen-bond donors (Lipinski definition) is 2. The molecule has 0 aromatic heterocycles. The van der Waals surface area contributed by atoms with Gasteiger partial charge in [0.1, 0.15) is 17.2 Å². The van der Waals surface area contributed by atoms with Crippen molar-refractivity contribution in [3.05, 3.63) is 83.9 Å². The molecule has 0 fully saturated rings. The normalized spacial score (nSPS) is 12.1. The summed E-state index contributed by atoms with van der Waals surface area (Å²) in [5.41, 5.74) is 1.13. The van der Waals surface area contributed by atoms with Gasteiger partial charge in [-0.3, -0.25) is 19.7 Å². The molecule has 0 aliphatic carbocycles. The van der Waals surface area contributed by atoms with E-state index in [1.165, 1.54) is 12.1 Å². The minimum Gasteiger partial charge on any atom is -0.484 e. The fraction of sp³-hybridized carbons (Fsp3) is 0.0455. The maximum absolute atomic E-state index is 12.1. The van der Waals surface area contributed by atoms with Gasteiger partial charge in [-0.15, -0.1) is 0 Å². The van der Waals surface area contributed by atoms with Gasteiger partial charge in [0.25, 0.3) is 17.7 Å². The Balaban J connectivity index is 1.40. The summed E-state index contributed by atoms with van der Waals surface area (Å²) >= 11 is 0. The number of rotatable bonds is 6. The number of fused-ring (bicyclic) bond motifs is 1. The van der Waals surface area contributed by atoms with E-state index in [9.17, 15) is 14.4 Å². The third kappa shape index (κ3) is 4.24. The molecule has 3 aromatic rings. The largest absolute Gasteiger partial charge is 0.484 e. The second-order valence-corrected chi connectivity index (χ2v) is 6.27. The van der Waals surface area contributed by atoms with Crippen LogP contribution < -0.4 is 20.1 Å². The zero-order chi connectivity index (χ0) is 20.2. The highest BCUT2D eigenvalue weighted by Crippen LogP contribution is 2.27. The van der Waals surface area contributed by atoms with E-state index in [-0.39, 0.29) is 18.1 Å². The number of carbonyl (C=O) groups is 3. The van der Waals surface area contributed by atoms with Gasteiger partial charge in [-0.05, 0) is 42.5 Å². The summed E-state index contributed by atoms with van der Waals surface area (Å²) in [4.78, 5) is 35.5. The molecule has 7 nitrogen and oxygen atoms in total. The average Bonchev–Trinajstić information content (AvgIpc) is 3.01. The lowest BCUT2D eigenvalue weighted by atomic mass is 10.1. The fourth-order valence-electron chi connectivity index (χ4n) is 2.85. The summed E-state index contributed by atoms with van der Waals surface area (Å²) in [7, 11) is 0. The predicted molar refractivity (Wildman–Crippen MR) is 105 cm³/mol. The van der Waals surface area contributed by atoms with Crippen LogP contribution in [0.5, 0.6) is 17.2 Å². The van der Waals surface area contributed by atoms with E-state index in [0.29, 0.717) is 28.5 Å². The number of carbonyl (C=O) groups excluding carboxylic acids is 3. The first-order valence-electron chi connectivity index (χ1n) is 8.84. The molecule has 0 atom stereocenters. The second kappa shape index (κ2) is 7.85. The Hall–Kier alpha value is -4.13. The number of para-hydroxylation sites is 1. The Kier molecular flexibility index (Phi) is 4.94. The molecule has 0 saturated carbocycles. The Bertz CT molecular complexity index is 1100. The van der Waals surface area contributed by atoms with E-state index in [4.69, 9.17) is 9.47 Å². The van der Waals surface area contributed by atoms with Gasteiger partial charge in [0.15, 0.2) is 6.61 Å². The number of hydrogen-bond acceptors (Lipinski definition) is 5. The van der Waals surface area contributed by atoms with E-state index in [1.54, 1.807) is 42.5 Å². The molecule has 0 bridgehead atoms. The SMILES string of the molecule is O=C(COc1ccccc1)Nc1cccc(Oc2ccc3c(c2)C(=O)NC3=O)c1. The zero-order valence-electron chi connectivity index (χ0n) is 15.2. The average molecular weight is 388 g/mol. The highest BCUT2D eigenvalue weighted by atomic mass is 16.5. The van der Waals surface area contributed by atoms with E-state index >= 15 is 0 Å². The van der Waals surface area contributed by atoms with Crippen LogP contribution in [0.1, 0.15) is 20.7 Å². The molecule has 2 N–H and O–H groups in total. The van der Waals surface area contributed by atoms with E-state index in [0.717, 1.165) is 0 Å². The number of nitrogens with one attached hydrogen (secondary N) is 2. The van der Waals surface area contributed by atoms with Crippen molar-refractivity contribution in [3.63, 3.8) is 0 Å². The van der Waals surface area contributed by atoms with Crippen molar-refractivity contribution in [2.24, 2.45) is 0 Å². The molecule has 1 heterocycles. The molecule has 0 saturated heterocycles. The number of amides is 3. The Labute approximate surface area is 166 Å². The third-order valence-corrected chi connectivity index (χ3v) is 4.17. The summed E-state index contributed by atoms with van der Waals surface area (Å²) in [6.07, 6.45) is 0. The van der Waals surface area contributed by atoms with Crippen molar-refractivity contribution in [2.45, 2.75) is 0 Å². The van der Waals surface area contributed by atoms with Gasteiger partial charge in [-0.2, -0.15) is 0 Å². The molecule has 0 unspecified atom stereocenters. The molecule has 0 radical (unpaired) electrons. The van der Waals surface area contributed by atoms with Crippen LogP contribution in [-0.2, 0) is 4.79 Å². The standard InChI is InChI=1S/C22H16N2O5/c25-20(13-28-15-6-2-1-3-7-15)23-14-5-4-8-16(11-14)29-17-9-10-18-19(12-17)22(27)24-21(18)26/h1-12H,13H2,(H,23,25)(H,24,26,27). The quantitative estimate of drug-likeness (QED) is 0.632. The van der Waals surface area contributed by atoms with Crippen LogP contribution in [0.25, 0.3) is 0 Å². The lowest BCUT2D eigenvalue weighted by molar-refractivity contribution is -0.118. The number of benzene rings is 3. The van der Waals surface area contributed by atoms with Gasteiger partial charge in [0.05, 0.1) is 11.1 Å². The van der Waals surface area contributed by atoms with Crippen molar-refractivity contribution in [1.82, 2.24) is 5.32 Å². The van der Waals surface area contributed by atoms with Crippen LogP contribution in [0.3, 0.4) is 0 Å². The first-order chi connectivity index (χ1) is 14.1. The molecule has 3 aromatic carbocycles. The van der Waals surface area contributed by atoms with Crippen molar-refractivity contribution >= 4 is 23.4 Å². The molecule has 4 rings (SSSR count).